The first-order chi connectivity index (χ1) is 21.0. The molecule has 4 rings (SSSR count). The van der Waals surface area contributed by atoms with E-state index in [1.165, 1.54) is 34.6 Å². The predicted molar refractivity (Wildman–Crippen MR) is 173 cm³/mol. The smallest absolute Gasteiger partial charge is 0.335 e. The van der Waals surface area contributed by atoms with Crippen molar-refractivity contribution in [3.05, 3.63) is 97.8 Å². The summed E-state index contributed by atoms with van der Waals surface area (Å²) in [5.74, 6) is 0.152. The van der Waals surface area contributed by atoms with Gasteiger partial charge in [0.05, 0.1) is 5.56 Å². The average Bonchev–Trinajstić information content (AvgIpc) is 3.43. The molecule has 0 aliphatic carbocycles. The zero-order valence-corrected chi connectivity index (χ0v) is 27.8. The topological polar surface area (TPSA) is 71.3 Å². The zero-order chi connectivity index (χ0) is 31.9. The van der Waals surface area contributed by atoms with E-state index in [2.05, 4.69) is 36.1 Å². The Morgan fingerprint density at radius 1 is 1.00 bits per heavy atom. The Labute approximate surface area is 274 Å². The van der Waals surface area contributed by atoms with Crippen LogP contribution in [0.2, 0.25) is 0 Å². The molecule has 2 aromatic carbocycles. The Balaban J connectivity index is 1.53. The number of rotatable bonds is 13. The van der Waals surface area contributed by atoms with Crippen molar-refractivity contribution < 1.29 is 22.4 Å². The van der Waals surface area contributed by atoms with Gasteiger partial charge in [0.1, 0.15) is 12.2 Å². The lowest BCUT2D eigenvalue weighted by Crippen LogP contribution is -2.39. The van der Waals surface area contributed by atoms with Gasteiger partial charge in [0.25, 0.3) is 5.56 Å². The molecule has 1 amide bonds. The van der Waals surface area contributed by atoms with Crippen molar-refractivity contribution in [2.24, 2.45) is 0 Å². The molecule has 0 atom stereocenters. The standard InChI is InChI=1S/C30H30F4IN5O2S2/c1-3-25-28(42)36-29(43-19-24-13-14-26(31)44-24)40(37-25)18-27(41)38(15-16-39(35)4-2)17-20-5-7-21(8-6-20)22-9-11-23(12-10-22)30(32,33)34/h5-14H,3-4,15-19H2,1-2H3. The average molecular weight is 760 g/mol. The summed E-state index contributed by atoms with van der Waals surface area (Å²) in [5.41, 5.74) is 1.35. The van der Waals surface area contributed by atoms with E-state index in [-0.39, 0.29) is 28.4 Å². The molecule has 0 radical (unpaired) electrons. The van der Waals surface area contributed by atoms with E-state index in [1.54, 1.807) is 17.9 Å². The van der Waals surface area contributed by atoms with Crippen LogP contribution >= 0.6 is 46.0 Å². The number of thioether (sulfide) groups is 1. The summed E-state index contributed by atoms with van der Waals surface area (Å²) in [5, 5.41) is 4.41. The molecule has 2 aromatic heterocycles. The summed E-state index contributed by atoms with van der Waals surface area (Å²) in [6, 6.07) is 15.4. The van der Waals surface area contributed by atoms with Crippen molar-refractivity contribution in [1.29, 1.82) is 0 Å². The number of halogens is 5. The summed E-state index contributed by atoms with van der Waals surface area (Å²) in [6.07, 6.45) is -4.04. The maximum absolute atomic E-state index is 13.7. The summed E-state index contributed by atoms with van der Waals surface area (Å²) >= 11 is 4.43. The van der Waals surface area contributed by atoms with Gasteiger partial charge in [0, 0.05) is 59.7 Å². The second-order valence-corrected chi connectivity index (χ2v) is 13.2. The maximum Gasteiger partial charge on any atom is 0.416 e. The molecule has 44 heavy (non-hydrogen) atoms. The second kappa shape index (κ2) is 15.5. The molecule has 0 N–H and O–H groups in total. The Morgan fingerprint density at radius 3 is 2.23 bits per heavy atom. The number of alkyl halides is 3. The molecule has 0 unspecified atom stereocenters. The molecule has 14 heteroatoms. The van der Waals surface area contributed by atoms with Crippen molar-refractivity contribution in [2.75, 3.05) is 19.6 Å². The lowest BCUT2D eigenvalue weighted by atomic mass is 10.0. The number of hydrogen-bond donors (Lipinski definition) is 0. The van der Waals surface area contributed by atoms with Gasteiger partial charge >= 0.3 is 6.18 Å². The first-order valence-electron chi connectivity index (χ1n) is 13.8. The molecular weight excluding hydrogens is 729 g/mol. The van der Waals surface area contributed by atoms with Crippen molar-refractivity contribution in [2.45, 2.75) is 50.4 Å². The van der Waals surface area contributed by atoms with Crippen LogP contribution in [0.3, 0.4) is 0 Å². The zero-order valence-electron chi connectivity index (χ0n) is 24.0. The van der Waals surface area contributed by atoms with Gasteiger partial charge in [-0.15, -0.1) is 11.3 Å². The quantitative estimate of drug-likeness (QED) is 0.0629. The predicted octanol–water partition coefficient (Wildman–Crippen LogP) is 7.08. The highest BCUT2D eigenvalue weighted by Crippen LogP contribution is 2.31. The van der Waals surface area contributed by atoms with Gasteiger partial charge in [-0.2, -0.15) is 27.6 Å². The first-order valence-corrected chi connectivity index (χ1v) is 16.5. The molecule has 0 bridgehead atoms. The van der Waals surface area contributed by atoms with Crippen LogP contribution in [0.5, 0.6) is 0 Å². The van der Waals surface area contributed by atoms with Gasteiger partial charge in [-0.3, -0.25) is 9.59 Å². The van der Waals surface area contributed by atoms with Crippen LogP contribution in [0, 0.1) is 5.13 Å². The second-order valence-electron chi connectivity index (χ2n) is 9.74. The summed E-state index contributed by atoms with van der Waals surface area (Å²) in [7, 11) is 0. The molecule has 0 saturated carbocycles. The van der Waals surface area contributed by atoms with E-state index >= 15 is 0 Å². The monoisotopic (exact) mass is 759 g/mol. The summed E-state index contributed by atoms with van der Waals surface area (Å²) in [4.78, 5) is 32.9. The fourth-order valence-electron chi connectivity index (χ4n) is 4.22. The maximum atomic E-state index is 13.7. The lowest BCUT2D eigenvalue weighted by molar-refractivity contribution is -0.137. The van der Waals surface area contributed by atoms with Crippen LogP contribution in [0.1, 0.15) is 35.5 Å². The van der Waals surface area contributed by atoms with E-state index in [0.29, 0.717) is 37.4 Å². The van der Waals surface area contributed by atoms with E-state index in [4.69, 9.17) is 0 Å². The third kappa shape index (κ3) is 9.34. The van der Waals surface area contributed by atoms with E-state index in [0.717, 1.165) is 46.0 Å². The first kappa shape index (κ1) is 34.1. The highest BCUT2D eigenvalue weighted by atomic mass is 127. The largest absolute Gasteiger partial charge is 0.416 e. The number of carbonyl (C=O) groups excluding carboxylic acids is 1. The van der Waals surface area contributed by atoms with Crippen molar-refractivity contribution >= 4 is 51.9 Å². The lowest BCUT2D eigenvalue weighted by Gasteiger charge is -2.25. The molecular formula is C30H30F4IN5O2S2. The van der Waals surface area contributed by atoms with Gasteiger partial charge in [-0.1, -0.05) is 62.0 Å². The molecule has 7 nitrogen and oxygen atoms in total. The van der Waals surface area contributed by atoms with E-state index in [1.807, 2.05) is 31.2 Å². The highest BCUT2D eigenvalue weighted by molar-refractivity contribution is 14.1. The van der Waals surface area contributed by atoms with Crippen molar-refractivity contribution in [3.63, 3.8) is 0 Å². The van der Waals surface area contributed by atoms with Gasteiger partial charge in [-0.25, -0.2) is 7.80 Å². The summed E-state index contributed by atoms with van der Waals surface area (Å²) in [6.45, 7) is 5.81. The van der Waals surface area contributed by atoms with Crippen LogP contribution < -0.4 is 5.56 Å². The Kier molecular flexibility index (Phi) is 12.0. The molecule has 0 aliphatic rings. The molecule has 2 heterocycles. The van der Waals surface area contributed by atoms with Gasteiger partial charge in [0.15, 0.2) is 10.3 Å². The molecule has 0 saturated heterocycles. The third-order valence-corrected chi connectivity index (χ3v) is 9.92. The Hall–Kier alpha value is -2.82. The van der Waals surface area contributed by atoms with Crippen LogP contribution in [0.15, 0.2) is 70.6 Å². The van der Waals surface area contributed by atoms with Gasteiger partial charge in [0.2, 0.25) is 5.91 Å². The fraction of sp³-hybridized carbons (Fsp3) is 0.333. The number of amides is 1. The molecule has 234 valence electrons. The summed E-state index contributed by atoms with van der Waals surface area (Å²) < 4.78 is 55.8. The van der Waals surface area contributed by atoms with E-state index < -0.39 is 17.3 Å². The van der Waals surface area contributed by atoms with Crippen LogP contribution in [-0.2, 0) is 36.2 Å². The van der Waals surface area contributed by atoms with Crippen LogP contribution in [-0.4, -0.2) is 48.3 Å². The van der Waals surface area contributed by atoms with Crippen LogP contribution in [0.25, 0.3) is 11.1 Å². The Bertz CT molecular complexity index is 1610. The fourth-order valence-corrected chi connectivity index (χ4v) is 6.14. The van der Waals surface area contributed by atoms with Crippen molar-refractivity contribution in [1.82, 2.24) is 22.8 Å². The number of thiophene rings is 1. The number of carbonyl (C=O) groups is 1. The number of nitrogens with zero attached hydrogens (tertiary/aromatic N) is 5. The van der Waals surface area contributed by atoms with Gasteiger partial charge in [-0.05, 0) is 47.4 Å². The normalized spacial score (nSPS) is 11.7. The Morgan fingerprint density at radius 2 is 1.66 bits per heavy atom. The number of likely N-dealkylation sites (N-methyl/N-ethyl adjacent to an activating group) is 1. The molecule has 4 aromatic rings. The molecule has 0 spiro atoms. The number of benzene rings is 2. The SMILES string of the molecule is CCc1nn(CC(=O)N(CCN(I)CC)Cc2ccc(-c3ccc(C(F)(F)F)cc3)cc2)c(SCc2ccc(F)s2)nc1=O. The molecule has 0 fully saturated rings. The minimum Gasteiger partial charge on any atom is -0.335 e. The van der Waals surface area contributed by atoms with Crippen LogP contribution in [0.4, 0.5) is 17.6 Å². The molecule has 0 aliphatic heterocycles. The van der Waals surface area contributed by atoms with Gasteiger partial charge < -0.3 is 4.90 Å². The highest BCUT2D eigenvalue weighted by Gasteiger charge is 2.30. The number of aromatic nitrogens is 3. The third-order valence-electron chi connectivity index (χ3n) is 6.68. The minimum absolute atomic E-state index is 0.140. The number of hydrogen-bond acceptors (Lipinski definition) is 7. The number of aryl methyl sites for hydroxylation is 1. The minimum atomic E-state index is -4.40. The van der Waals surface area contributed by atoms with E-state index in [9.17, 15) is 27.2 Å². The van der Waals surface area contributed by atoms with Crippen molar-refractivity contribution in [3.8, 4) is 11.1 Å².